The van der Waals surface area contributed by atoms with E-state index in [1.54, 1.807) is 11.3 Å². The first kappa shape index (κ1) is 16.4. The standard InChI is InChI=1S/C13H15N3O2S2.ClH/c17-12(6-9-7-18-4-3-14-9)16-13-15-10(8-20-13)11-2-1-5-19-11;/h1-2,5,8-9,14H,3-4,6-7H2,(H,15,16,17);1H. The Balaban J connectivity index is 0.00000161. The largest absolute Gasteiger partial charge is 0.378 e. The van der Waals surface area contributed by atoms with Crippen LogP contribution in [0.4, 0.5) is 5.13 Å². The average Bonchev–Trinajstić information content (AvgIpc) is 3.10. The Morgan fingerprint density at radius 1 is 1.52 bits per heavy atom. The molecule has 114 valence electrons. The Labute approximate surface area is 137 Å². The van der Waals surface area contributed by atoms with Crippen LogP contribution in [0, 0.1) is 0 Å². The summed E-state index contributed by atoms with van der Waals surface area (Å²) in [6, 6.07) is 4.11. The smallest absolute Gasteiger partial charge is 0.227 e. The number of hydrogen-bond acceptors (Lipinski definition) is 6. The number of carbonyl (C=O) groups is 1. The molecule has 3 heterocycles. The summed E-state index contributed by atoms with van der Waals surface area (Å²) >= 11 is 3.09. The molecule has 0 spiro atoms. The Kier molecular flexibility index (Phi) is 6.13. The van der Waals surface area contributed by atoms with Gasteiger partial charge in [0, 0.05) is 24.4 Å². The molecule has 8 heteroatoms. The van der Waals surface area contributed by atoms with E-state index >= 15 is 0 Å². The minimum absolute atomic E-state index is 0. The number of ether oxygens (including phenoxy) is 1. The SMILES string of the molecule is Cl.O=C(CC1COCCN1)Nc1nc(-c2cccs2)cs1. The van der Waals surface area contributed by atoms with E-state index < -0.39 is 0 Å². The zero-order chi connectivity index (χ0) is 13.8. The van der Waals surface area contributed by atoms with Gasteiger partial charge < -0.3 is 15.4 Å². The molecule has 1 aliphatic heterocycles. The molecule has 1 saturated heterocycles. The average molecular weight is 346 g/mol. The molecule has 1 unspecified atom stereocenters. The van der Waals surface area contributed by atoms with Crippen molar-refractivity contribution in [3.05, 3.63) is 22.9 Å². The van der Waals surface area contributed by atoms with Gasteiger partial charge in [0.05, 0.1) is 23.8 Å². The minimum Gasteiger partial charge on any atom is -0.378 e. The van der Waals surface area contributed by atoms with Gasteiger partial charge in [-0.2, -0.15) is 0 Å². The van der Waals surface area contributed by atoms with Crippen molar-refractivity contribution in [2.24, 2.45) is 0 Å². The zero-order valence-corrected chi connectivity index (χ0v) is 13.7. The van der Waals surface area contributed by atoms with Crippen LogP contribution in [-0.4, -0.2) is 36.7 Å². The van der Waals surface area contributed by atoms with Gasteiger partial charge in [-0.3, -0.25) is 4.79 Å². The molecular weight excluding hydrogens is 330 g/mol. The number of halogens is 1. The number of amides is 1. The van der Waals surface area contributed by atoms with Gasteiger partial charge >= 0.3 is 0 Å². The third-order valence-corrected chi connectivity index (χ3v) is 4.60. The number of morpholine rings is 1. The van der Waals surface area contributed by atoms with E-state index in [4.69, 9.17) is 4.74 Å². The quantitative estimate of drug-likeness (QED) is 0.894. The van der Waals surface area contributed by atoms with Crippen LogP contribution in [0.15, 0.2) is 22.9 Å². The molecule has 0 saturated carbocycles. The summed E-state index contributed by atoms with van der Waals surface area (Å²) in [6.45, 7) is 2.11. The first-order chi connectivity index (χ1) is 9.81. The summed E-state index contributed by atoms with van der Waals surface area (Å²) in [4.78, 5) is 17.5. The van der Waals surface area contributed by atoms with Crippen LogP contribution < -0.4 is 10.6 Å². The first-order valence-corrected chi connectivity index (χ1v) is 8.17. The zero-order valence-electron chi connectivity index (χ0n) is 11.2. The Bertz CT molecular complexity index is 568. The van der Waals surface area contributed by atoms with Gasteiger partial charge in [-0.1, -0.05) is 6.07 Å². The summed E-state index contributed by atoms with van der Waals surface area (Å²) in [5, 5.41) is 10.7. The third-order valence-electron chi connectivity index (χ3n) is 2.95. The summed E-state index contributed by atoms with van der Waals surface area (Å²) in [5.74, 6) is -0.0277. The van der Waals surface area contributed by atoms with Gasteiger partial charge in [-0.25, -0.2) is 4.98 Å². The molecule has 21 heavy (non-hydrogen) atoms. The van der Waals surface area contributed by atoms with Crippen LogP contribution in [-0.2, 0) is 9.53 Å². The van der Waals surface area contributed by atoms with Crippen molar-refractivity contribution in [3.8, 4) is 10.6 Å². The minimum atomic E-state index is -0.0277. The summed E-state index contributed by atoms with van der Waals surface area (Å²) < 4.78 is 5.33. The molecule has 2 aromatic rings. The fraction of sp³-hybridized carbons (Fsp3) is 0.385. The predicted octanol–water partition coefficient (Wildman–Crippen LogP) is 2.61. The highest BCUT2D eigenvalue weighted by atomic mass is 35.5. The van der Waals surface area contributed by atoms with Crippen molar-refractivity contribution in [1.82, 2.24) is 10.3 Å². The lowest BCUT2D eigenvalue weighted by Crippen LogP contribution is -2.43. The van der Waals surface area contributed by atoms with Crippen LogP contribution in [0.5, 0.6) is 0 Å². The number of thiophene rings is 1. The van der Waals surface area contributed by atoms with Gasteiger partial charge in [0.25, 0.3) is 0 Å². The highest BCUT2D eigenvalue weighted by Gasteiger charge is 2.17. The summed E-state index contributed by atoms with van der Waals surface area (Å²) in [7, 11) is 0. The van der Waals surface area contributed by atoms with Crippen LogP contribution in [0.25, 0.3) is 10.6 Å². The fourth-order valence-corrected chi connectivity index (χ4v) is 3.50. The van der Waals surface area contributed by atoms with Crippen LogP contribution >= 0.6 is 35.1 Å². The second-order valence-corrected chi connectivity index (χ2v) is 6.30. The molecule has 2 aromatic heterocycles. The Hall–Kier alpha value is -0.990. The maximum atomic E-state index is 11.9. The molecule has 1 atom stereocenters. The summed E-state index contributed by atoms with van der Waals surface area (Å²) in [5.41, 5.74) is 0.916. The monoisotopic (exact) mass is 345 g/mol. The molecule has 1 aliphatic rings. The van der Waals surface area contributed by atoms with E-state index in [9.17, 15) is 4.79 Å². The molecule has 0 aromatic carbocycles. The number of nitrogens with one attached hydrogen (secondary N) is 2. The van der Waals surface area contributed by atoms with Gasteiger partial charge in [-0.15, -0.1) is 35.1 Å². The van der Waals surface area contributed by atoms with Crippen molar-refractivity contribution in [3.63, 3.8) is 0 Å². The second kappa shape index (κ2) is 7.86. The van der Waals surface area contributed by atoms with Crippen molar-refractivity contribution in [1.29, 1.82) is 0 Å². The molecule has 1 amide bonds. The summed E-state index contributed by atoms with van der Waals surface area (Å²) in [6.07, 6.45) is 0.411. The maximum absolute atomic E-state index is 11.9. The molecule has 0 aliphatic carbocycles. The number of nitrogens with zero attached hydrogens (tertiary/aromatic N) is 1. The molecule has 0 radical (unpaired) electrons. The van der Waals surface area contributed by atoms with E-state index in [1.165, 1.54) is 11.3 Å². The van der Waals surface area contributed by atoms with Gasteiger partial charge in [0.2, 0.25) is 5.91 Å². The second-order valence-electron chi connectivity index (χ2n) is 4.49. The number of hydrogen-bond donors (Lipinski definition) is 2. The van der Waals surface area contributed by atoms with E-state index in [0.29, 0.717) is 18.2 Å². The lowest BCUT2D eigenvalue weighted by atomic mass is 10.2. The molecule has 3 rings (SSSR count). The molecule has 5 nitrogen and oxygen atoms in total. The molecule has 1 fully saturated rings. The lowest BCUT2D eigenvalue weighted by Gasteiger charge is -2.22. The van der Waals surface area contributed by atoms with Crippen molar-refractivity contribution in [2.75, 3.05) is 25.1 Å². The van der Waals surface area contributed by atoms with Crippen molar-refractivity contribution < 1.29 is 9.53 Å². The molecule has 2 N–H and O–H groups in total. The van der Waals surface area contributed by atoms with Crippen molar-refractivity contribution >= 4 is 46.1 Å². The fourth-order valence-electron chi connectivity index (χ4n) is 2.01. The van der Waals surface area contributed by atoms with Gasteiger partial charge in [0.1, 0.15) is 0 Å². The van der Waals surface area contributed by atoms with E-state index in [0.717, 1.165) is 23.7 Å². The topological polar surface area (TPSA) is 63.2 Å². The molecule has 0 bridgehead atoms. The van der Waals surface area contributed by atoms with E-state index in [1.807, 2.05) is 22.9 Å². The Morgan fingerprint density at radius 3 is 3.14 bits per heavy atom. The molecular formula is C13H16ClN3O2S2. The number of thiazole rings is 1. The highest BCUT2D eigenvalue weighted by molar-refractivity contribution is 7.16. The van der Waals surface area contributed by atoms with E-state index in [-0.39, 0.29) is 24.4 Å². The first-order valence-electron chi connectivity index (χ1n) is 6.41. The van der Waals surface area contributed by atoms with Crippen LogP contribution in [0.3, 0.4) is 0 Å². The lowest BCUT2D eigenvalue weighted by molar-refractivity contribution is -0.117. The van der Waals surface area contributed by atoms with Gasteiger partial charge in [0.15, 0.2) is 5.13 Å². The Morgan fingerprint density at radius 2 is 2.43 bits per heavy atom. The highest BCUT2D eigenvalue weighted by Crippen LogP contribution is 2.28. The van der Waals surface area contributed by atoms with Crippen molar-refractivity contribution in [2.45, 2.75) is 12.5 Å². The number of carbonyl (C=O) groups excluding carboxylic acids is 1. The number of rotatable bonds is 4. The van der Waals surface area contributed by atoms with E-state index in [2.05, 4.69) is 15.6 Å². The maximum Gasteiger partial charge on any atom is 0.227 e. The number of anilines is 1. The predicted molar refractivity (Wildman–Crippen MR) is 88.5 cm³/mol. The van der Waals surface area contributed by atoms with Crippen LogP contribution in [0.2, 0.25) is 0 Å². The van der Waals surface area contributed by atoms with Crippen LogP contribution in [0.1, 0.15) is 6.42 Å². The normalized spacial score (nSPS) is 18.0. The third kappa shape index (κ3) is 4.49. The number of aromatic nitrogens is 1. The van der Waals surface area contributed by atoms with Gasteiger partial charge in [-0.05, 0) is 11.4 Å².